The summed E-state index contributed by atoms with van der Waals surface area (Å²) in [5.41, 5.74) is 1.27. The molecule has 0 saturated carbocycles. The summed E-state index contributed by atoms with van der Waals surface area (Å²) in [6.45, 7) is 2.01. The van der Waals surface area contributed by atoms with Crippen LogP contribution in [0.2, 0.25) is 0 Å². The Kier molecular flexibility index (Phi) is 4.74. The SMILES string of the molecule is CCC(NC(=O)c1ccc(=O)[nH]c1)c1ccc(Br)cc1. The van der Waals surface area contributed by atoms with Crippen molar-refractivity contribution in [3.8, 4) is 0 Å². The summed E-state index contributed by atoms with van der Waals surface area (Å²) in [5.74, 6) is -0.198. The fourth-order valence-electron chi connectivity index (χ4n) is 1.91. The lowest BCUT2D eigenvalue weighted by Gasteiger charge is -2.17. The van der Waals surface area contributed by atoms with Crippen molar-refractivity contribution in [2.45, 2.75) is 19.4 Å². The van der Waals surface area contributed by atoms with E-state index in [1.807, 2.05) is 31.2 Å². The molecule has 4 nitrogen and oxygen atoms in total. The average molecular weight is 335 g/mol. The predicted molar refractivity (Wildman–Crippen MR) is 81.7 cm³/mol. The molecule has 0 radical (unpaired) electrons. The number of nitrogens with one attached hydrogen (secondary N) is 2. The van der Waals surface area contributed by atoms with Gasteiger partial charge >= 0.3 is 0 Å². The number of aromatic amines is 1. The molecule has 2 aromatic rings. The number of hydrogen-bond acceptors (Lipinski definition) is 2. The first-order chi connectivity index (χ1) is 9.60. The van der Waals surface area contributed by atoms with Gasteiger partial charge in [0, 0.05) is 16.7 Å². The van der Waals surface area contributed by atoms with Crippen molar-refractivity contribution in [1.82, 2.24) is 10.3 Å². The zero-order chi connectivity index (χ0) is 14.5. The lowest BCUT2D eigenvalue weighted by molar-refractivity contribution is 0.0935. The van der Waals surface area contributed by atoms with Crippen LogP contribution < -0.4 is 10.9 Å². The topological polar surface area (TPSA) is 62.0 Å². The van der Waals surface area contributed by atoms with Crippen molar-refractivity contribution < 1.29 is 4.79 Å². The van der Waals surface area contributed by atoms with Crippen molar-refractivity contribution in [2.24, 2.45) is 0 Å². The number of pyridine rings is 1. The third-order valence-corrected chi connectivity index (χ3v) is 3.56. The molecule has 1 unspecified atom stereocenters. The second-order valence-electron chi connectivity index (χ2n) is 4.43. The van der Waals surface area contributed by atoms with E-state index < -0.39 is 0 Å². The van der Waals surface area contributed by atoms with Gasteiger partial charge in [-0.2, -0.15) is 0 Å². The number of aromatic nitrogens is 1. The molecule has 0 spiro atoms. The number of amides is 1. The van der Waals surface area contributed by atoms with Gasteiger partial charge in [-0.1, -0.05) is 35.0 Å². The molecular formula is C15H15BrN2O2. The highest BCUT2D eigenvalue weighted by molar-refractivity contribution is 9.10. The molecule has 1 atom stereocenters. The van der Waals surface area contributed by atoms with Crippen LogP contribution in [0.25, 0.3) is 0 Å². The molecule has 2 N–H and O–H groups in total. The third kappa shape index (κ3) is 3.57. The van der Waals surface area contributed by atoms with Crippen molar-refractivity contribution >= 4 is 21.8 Å². The predicted octanol–water partition coefficient (Wildman–Crippen LogP) is 3.02. The van der Waals surface area contributed by atoms with E-state index in [0.717, 1.165) is 16.5 Å². The molecule has 1 aromatic heterocycles. The number of rotatable bonds is 4. The van der Waals surface area contributed by atoms with Crippen LogP contribution in [-0.2, 0) is 0 Å². The lowest BCUT2D eigenvalue weighted by Crippen LogP contribution is -2.28. The van der Waals surface area contributed by atoms with Gasteiger partial charge in [-0.15, -0.1) is 0 Å². The van der Waals surface area contributed by atoms with Gasteiger partial charge in [-0.25, -0.2) is 0 Å². The molecule has 5 heteroatoms. The first-order valence-corrected chi connectivity index (χ1v) is 7.14. The van der Waals surface area contributed by atoms with Crippen LogP contribution in [0.1, 0.15) is 35.3 Å². The fourth-order valence-corrected chi connectivity index (χ4v) is 2.17. The molecule has 104 valence electrons. The van der Waals surface area contributed by atoms with Crippen LogP contribution in [0, 0.1) is 0 Å². The zero-order valence-electron chi connectivity index (χ0n) is 11.0. The normalized spacial score (nSPS) is 11.9. The van der Waals surface area contributed by atoms with E-state index in [0.29, 0.717) is 5.56 Å². The van der Waals surface area contributed by atoms with E-state index in [2.05, 4.69) is 26.2 Å². The molecule has 20 heavy (non-hydrogen) atoms. The van der Waals surface area contributed by atoms with Crippen molar-refractivity contribution in [3.63, 3.8) is 0 Å². The van der Waals surface area contributed by atoms with Crippen LogP contribution in [0.15, 0.2) is 51.9 Å². The highest BCUT2D eigenvalue weighted by Crippen LogP contribution is 2.19. The van der Waals surface area contributed by atoms with Gasteiger partial charge in [-0.05, 0) is 30.2 Å². The number of H-pyrrole nitrogens is 1. The number of hydrogen-bond donors (Lipinski definition) is 2. The van der Waals surface area contributed by atoms with E-state index in [-0.39, 0.29) is 17.5 Å². The molecule has 0 aliphatic heterocycles. The minimum Gasteiger partial charge on any atom is -0.345 e. The van der Waals surface area contributed by atoms with Gasteiger partial charge in [0.2, 0.25) is 5.56 Å². The maximum absolute atomic E-state index is 12.1. The molecule has 0 fully saturated rings. The van der Waals surface area contributed by atoms with Crippen LogP contribution >= 0.6 is 15.9 Å². The van der Waals surface area contributed by atoms with E-state index >= 15 is 0 Å². The summed E-state index contributed by atoms with van der Waals surface area (Å²) in [4.78, 5) is 25.6. The summed E-state index contributed by atoms with van der Waals surface area (Å²) in [6.07, 6.45) is 2.21. The van der Waals surface area contributed by atoms with Gasteiger partial charge in [0.25, 0.3) is 5.91 Å². The van der Waals surface area contributed by atoms with Crippen molar-refractivity contribution in [1.29, 1.82) is 0 Å². The molecular weight excluding hydrogens is 320 g/mol. The van der Waals surface area contributed by atoms with E-state index in [1.165, 1.54) is 18.3 Å². The first kappa shape index (κ1) is 14.5. The fraction of sp³-hybridized carbons (Fsp3) is 0.200. The highest BCUT2D eigenvalue weighted by Gasteiger charge is 2.14. The Morgan fingerprint density at radius 1 is 1.25 bits per heavy atom. The van der Waals surface area contributed by atoms with Gasteiger partial charge < -0.3 is 10.3 Å². The minimum atomic E-state index is -0.221. The summed E-state index contributed by atoms with van der Waals surface area (Å²) in [7, 11) is 0. The molecule has 0 bridgehead atoms. The van der Waals surface area contributed by atoms with E-state index in [1.54, 1.807) is 0 Å². The summed E-state index contributed by atoms with van der Waals surface area (Å²) < 4.78 is 1.00. The average Bonchev–Trinajstić information content (AvgIpc) is 2.46. The molecule has 2 rings (SSSR count). The number of carbonyl (C=O) groups is 1. The first-order valence-electron chi connectivity index (χ1n) is 6.35. The molecule has 1 amide bonds. The smallest absolute Gasteiger partial charge is 0.253 e. The Hall–Kier alpha value is -1.88. The van der Waals surface area contributed by atoms with Gasteiger partial charge in [0.05, 0.1) is 11.6 Å². The Labute approximate surface area is 125 Å². The molecule has 0 aliphatic carbocycles. The monoisotopic (exact) mass is 334 g/mol. The van der Waals surface area contributed by atoms with Crippen LogP contribution in [0.3, 0.4) is 0 Å². The second-order valence-corrected chi connectivity index (χ2v) is 5.34. The molecule has 1 heterocycles. The summed E-state index contributed by atoms with van der Waals surface area (Å²) in [5, 5.41) is 2.96. The van der Waals surface area contributed by atoms with Crippen LogP contribution in [-0.4, -0.2) is 10.9 Å². The molecule has 0 saturated heterocycles. The zero-order valence-corrected chi connectivity index (χ0v) is 12.6. The van der Waals surface area contributed by atoms with E-state index in [9.17, 15) is 9.59 Å². The largest absolute Gasteiger partial charge is 0.345 e. The summed E-state index contributed by atoms with van der Waals surface area (Å²) in [6, 6.07) is 10.7. The Morgan fingerprint density at radius 2 is 1.95 bits per heavy atom. The number of carbonyl (C=O) groups excluding carboxylic acids is 1. The van der Waals surface area contributed by atoms with Crippen LogP contribution in [0.4, 0.5) is 0 Å². The molecule has 0 aliphatic rings. The third-order valence-electron chi connectivity index (χ3n) is 3.03. The Bertz CT molecular complexity index is 629. The maximum Gasteiger partial charge on any atom is 0.253 e. The minimum absolute atomic E-state index is 0.0532. The number of halogens is 1. The van der Waals surface area contributed by atoms with Gasteiger partial charge in [-0.3, -0.25) is 9.59 Å². The molecule has 1 aromatic carbocycles. The summed E-state index contributed by atoms with van der Waals surface area (Å²) >= 11 is 3.39. The standard InChI is InChI=1S/C15H15BrN2O2/c1-2-13(10-3-6-12(16)7-4-10)18-15(20)11-5-8-14(19)17-9-11/h3-9,13H,2H2,1H3,(H,17,19)(H,18,20). The second kappa shape index (κ2) is 6.52. The highest BCUT2D eigenvalue weighted by atomic mass is 79.9. The quantitative estimate of drug-likeness (QED) is 0.902. The lowest BCUT2D eigenvalue weighted by atomic mass is 10.0. The maximum atomic E-state index is 12.1. The van der Waals surface area contributed by atoms with Crippen molar-refractivity contribution in [3.05, 3.63) is 68.5 Å². The number of benzene rings is 1. The van der Waals surface area contributed by atoms with Gasteiger partial charge in [0.15, 0.2) is 0 Å². The Balaban J connectivity index is 2.13. The Morgan fingerprint density at radius 3 is 2.50 bits per heavy atom. The van der Waals surface area contributed by atoms with Gasteiger partial charge in [0.1, 0.15) is 0 Å². The van der Waals surface area contributed by atoms with Crippen LogP contribution in [0.5, 0.6) is 0 Å². The van der Waals surface area contributed by atoms with E-state index in [4.69, 9.17) is 0 Å². The van der Waals surface area contributed by atoms with Crippen molar-refractivity contribution in [2.75, 3.05) is 0 Å².